The van der Waals surface area contributed by atoms with Crippen molar-refractivity contribution in [2.45, 2.75) is 19.1 Å². The summed E-state index contributed by atoms with van der Waals surface area (Å²) in [6.45, 7) is 2.16. The lowest BCUT2D eigenvalue weighted by molar-refractivity contribution is -0.0218. The highest BCUT2D eigenvalue weighted by Gasteiger charge is 2.27. The first-order valence-corrected chi connectivity index (χ1v) is 9.29. The van der Waals surface area contributed by atoms with Gasteiger partial charge < -0.3 is 23.4 Å². The van der Waals surface area contributed by atoms with Gasteiger partial charge in [-0.05, 0) is 29.8 Å². The van der Waals surface area contributed by atoms with Crippen LogP contribution in [0.5, 0.6) is 5.75 Å². The molecule has 1 aliphatic heterocycles. The van der Waals surface area contributed by atoms with Crippen molar-refractivity contribution < 1.29 is 18.7 Å². The third-order valence-electron chi connectivity index (χ3n) is 4.79. The van der Waals surface area contributed by atoms with E-state index in [1.165, 1.54) is 0 Å². The summed E-state index contributed by atoms with van der Waals surface area (Å²) in [6.07, 6.45) is 5.96. The first-order valence-electron chi connectivity index (χ1n) is 9.29. The summed E-state index contributed by atoms with van der Waals surface area (Å²) < 4.78 is 18.8. The molecule has 1 fully saturated rings. The van der Waals surface area contributed by atoms with Gasteiger partial charge in [0.25, 0.3) is 5.91 Å². The molecule has 0 unspecified atom stereocenters. The summed E-state index contributed by atoms with van der Waals surface area (Å²) in [4.78, 5) is 18.7. The number of ether oxygens (including phenoxy) is 2. The Morgan fingerprint density at radius 1 is 1.32 bits per heavy atom. The van der Waals surface area contributed by atoms with E-state index in [0.717, 1.165) is 23.5 Å². The van der Waals surface area contributed by atoms with Gasteiger partial charge in [0.2, 0.25) is 0 Å². The minimum absolute atomic E-state index is 0.0508. The quantitative estimate of drug-likeness (QED) is 0.657. The number of hydrogen-bond acceptors (Lipinski definition) is 5. The molecule has 0 spiro atoms. The molecule has 7 heteroatoms. The predicted octanol–water partition coefficient (Wildman–Crippen LogP) is 2.62. The number of methoxy groups -OCH3 is 1. The number of imidazole rings is 1. The van der Waals surface area contributed by atoms with E-state index in [9.17, 15) is 4.79 Å². The third kappa shape index (κ3) is 4.26. The summed E-state index contributed by atoms with van der Waals surface area (Å²) >= 11 is 0. The summed E-state index contributed by atoms with van der Waals surface area (Å²) in [7, 11) is 1.65. The molecule has 7 nitrogen and oxygen atoms in total. The van der Waals surface area contributed by atoms with Crippen LogP contribution >= 0.6 is 0 Å². The maximum Gasteiger partial charge on any atom is 0.289 e. The van der Waals surface area contributed by atoms with Gasteiger partial charge in [-0.25, -0.2) is 4.98 Å². The second-order valence-corrected chi connectivity index (χ2v) is 6.80. The molecule has 1 saturated heterocycles. The Bertz CT molecular complexity index is 919. The number of amides is 1. The van der Waals surface area contributed by atoms with Crippen LogP contribution in [0.4, 0.5) is 0 Å². The highest BCUT2D eigenvalue weighted by atomic mass is 16.5. The van der Waals surface area contributed by atoms with Crippen LogP contribution in [0.2, 0.25) is 0 Å². The molecule has 146 valence electrons. The van der Waals surface area contributed by atoms with E-state index in [1.807, 2.05) is 41.1 Å². The number of rotatable bonds is 6. The average molecular weight is 381 g/mol. The topological polar surface area (TPSA) is 69.7 Å². The molecular weight excluding hydrogens is 358 g/mol. The molecule has 3 heterocycles. The van der Waals surface area contributed by atoms with E-state index in [1.54, 1.807) is 30.6 Å². The Kier molecular flexibility index (Phi) is 5.43. The number of aromatic nitrogens is 2. The Morgan fingerprint density at radius 2 is 2.25 bits per heavy atom. The first-order chi connectivity index (χ1) is 13.7. The molecule has 2 aromatic heterocycles. The Labute approximate surface area is 163 Å². The standard InChI is InChI=1S/C21H23N3O4/c1-26-17-4-2-3-16(11-17)12-19-14-24(9-10-27-19)21(25)20-6-5-18(28-20)13-23-8-7-22-15-23/h2-8,11,15,19H,9-10,12-14H2,1H3/t19-/m0/s1. The molecule has 1 amide bonds. The van der Waals surface area contributed by atoms with Crippen molar-refractivity contribution in [3.05, 3.63) is 72.2 Å². The molecule has 1 aliphatic rings. The lowest BCUT2D eigenvalue weighted by Crippen LogP contribution is -2.46. The predicted molar refractivity (Wildman–Crippen MR) is 102 cm³/mol. The van der Waals surface area contributed by atoms with Crippen LogP contribution in [0, 0.1) is 0 Å². The largest absolute Gasteiger partial charge is 0.497 e. The van der Waals surface area contributed by atoms with E-state index >= 15 is 0 Å². The summed E-state index contributed by atoms with van der Waals surface area (Å²) in [5.74, 6) is 1.80. The van der Waals surface area contributed by atoms with Gasteiger partial charge in [0.1, 0.15) is 11.5 Å². The van der Waals surface area contributed by atoms with Crippen LogP contribution in [0.3, 0.4) is 0 Å². The van der Waals surface area contributed by atoms with Crippen LogP contribution in [0.15, 0.2) is 59.5 Å². The molecule has 0 saturated carbocycles. The zero-order valence-electron chi connectivity index (χ0n) is 15.8. The second-order valence-electron chi connectivity index (χ2n) is 6.80. The molecular formula is C21H23N3O4. The van der Waals surface area contributed by atoms with E-state index < -0.39 is 0 Å². The highest BCUT2D eigenvalue weighted by molar-refractivity contribution is 5.91. The van der Waals surface area contributed by atoms with Crippen LogP contribution in [-0.4, -0.2) is 53.3 Å². The molecule has 28 heavy (non-hydrogen) atoms. The number of morpholine rings is 1. The van der Waals surface area contributed by atoms with Gasteiger partial charge in [-0.15, -0.1) is 0 Å². The number of nitrogens with zero attached hydrogens (tertiary/aromatic N) is 3. The zero-order chi connectivity index (χ0) is 19.3. The number of furan rings is 1. The normalized spacial score (nSPS) is 16.9. The van der Waals surface area contributed by atoms with Crippen molar-refractivity contribution in [3.63, 3.8) is 0 Å². The van der Waals surface area contributed by atoms with Gasteiger partial charge in [-0.1, -0.05) is 12.1 Å². The van der Waals surface area contributed by atoms with Crippen molar-refractivity contribution in [1.29, 1.82) is 0 Å². The lowest BCUT2D eigenvalue weighted by Gasteiger charge is -2.32. The van der Waals surface area contributed by atoms with Crippen LogP contribution < -0.4 is 4.74 Å². The fraction of sp³-hybridized carbons (Fsp3) is 0.333. The summed E-state index contributed by atoms with van der Waals surface area (Å²) in [5.41, 5.74) is 1.12. The van der Waals surface area contributed by atoms with Gasteiger partial charge >= 0.3 is 0 Å². The van der Waals surface area contributed by atoms with Gasteiger partial charge in [0.05, 0.1) is 32.7 Å². The number of carbonyl (C=O) groups is 1. The van der Waals surface area contributed by atoms with E-state index in [0.29, 0.717) is 32.0 Å². The van der Waals surface area contributed by atoms with Crippen molar-refractivity contribution in [2.24, 2.45) is 0 Å². The Hall–Kier alpha value is -3.06. The Morgan fingerprint density at radius 3 is 3.07 bits per heavy atom. The van der Waals surface area contributed by atoms with Crippen LogP contribution in [-0.2, 0) is 17.7 Å². The fourth-order valence-corrected chi connectivity index (χ4v) is 3.38. The minimum Gasteiger partial charge on any atom is -0.497 e. The second kappa shape index (κ2) is 8.31. The molecule has 1 aromatic carbocycles. The van der Waals surface area contributed by atoms with Gasteiger partial charge in [-0.2, -0.15) is 0 Å². The van der Waals surface area contributed by atoms with Crippen molar-refractivity contribution >= 4 is 5.91 Å². The van der Waals surface area contributed by atoms with E-state index in [2.05, 4.69) is 4.98 Å². The van der Waals surface area contributed by atoms with Crippen LogP contribution in [0.25, 0.3) is 0 Å². The van der Waals surface area contributed by atoms with Gasteiger partial charge in [-0.3, -0.25) is 4.79 Å². The molecule has 4 rings (SSSR count). The van der Waals surface area contributed by atoms with Crippen LogP contribution in [0.1, 0.15) is 21.9 Å². The van der Waals surface area contributed by atoms with Gasteiger partial charge in [0, 0.05) is 31.9 Å². The maximum atomic E-state index is 12.9. The average Bonchev–Trinajstić information content (AvgIpc) is 3.40. The first kappa shape index (κ1) is 18.3. The molecule has 1 atom stereocenters. The summed E-state index contributed by atoms with van der Waals surface area (Å²) in [5, 5.41) is 0. The minimum atomic E-state index is -0.101. The number of carbonyl (C=O) groups excluding carboxylic acids is 1. The smallest absolute Gasteiger partial charge is 0.289 e. The Balaban J connectivity index is 1.38. The maximum absolute atomic E-state index is 12.9. The number of hydrogen-bond donors (Lipinski definition) is 0. The number of benzene rings is 1. The fourth-order valence-electron chi connectivity index (χ4n) is 3.38. The lowest BCUT2D eigenvalue weighted by atomic mass is 10.1. The SMILES string of the molecule is COc1cccc(C[C@H]2CN(C(=O)c3ccc(Cn4ccnc4)o3)CCO2)c1. The molecule has 0 N–H and O–H groups in total. The highest BCUT2D eigenvalue weighted by Crippen LogP contribution is 2.19. The third-order valence-corrected chi connectivity index (χ3v) is 4.79. The van der Waals surface area contributed by atoms with Crippen molar-refractivity contribution in [1.82, 2.24) is 14.5 Å². The van der Waals surface area contributed by atoms with Gasteiger partial charge in [0.15, 0.2) is 5.76 Å². The zero-order valence-corrected chi connectivity index (χ0v) is 15.8. The molecule has 3 aromatic rings. The van der Waals surface area contributed by atoms with Crippen molar-refractivity contribution in [2.75, 3.05) is 26.8 Å². The monoisotopic (exact) mass is 381 g/mol. The molecule has 0 radical (unpaired) electrons. The summed E-state index contributed by atoms with van der Waals surface area (Å²) in [6, 6.07) is 11.5. The molecule has 0 bridgehead atoms. The molecule has 0 aliphatic carbocycles. The van der Waals surface area contributed by atoms with Crippen molar-refractivity contribution in [3.8, 4) is 5.75 Å². The van der Waals surface area contributed by atoms with E-state index in [4.69, 9.17) is 13.9 Å². The van der Waals surface area contributed by atoms with E-state index in [-0.39, 0.29) is 12.0 Å².